The molecule has 5 heteroatoms. The summed E-state index contributed by atoms with van der Waals surface area (Å²) in [6.45, 7) is 0.777. The van der Waals surface area contributed by atoms with Gasteiger partial charge in [-0.3, -0.25) is 0 Å². The molecule has 9 heavy (non-hydrogen) atoms. The van der Waals surface area contributed by atoms with Crippen molar-refractivity contribution >= 4 is 0 Å². The van der Waals surface area contributed by atoms with Crippen LogP contribution in [0.3, 0.4) is 0 Å². The van der Waals surface area contributed by atoms with E-state index in [0.29, 0.717) is 6.61 Å². The van der Waals surface area contributed by atoms with Crippen LogP contribution in [0.15, 0.2) is 0 Å². The van der Waals surface area contributed by atoms with Crippen LogP contribution in [0.25, 0.3) is 0 Å². The highest BCUT2D eigenvalue weighted by Crippen LogP contribution is 2.10. The van der Waals surface area contributed by atoms with Crippen molar-refractivity contribution in [3.8, 4) is 0 Å². The maximum absolute atomic E-state index is 9.57. The number of hydrogen-bond acceptors (Lipinski definition) is 4. The second-order valence-corrected chi connectivity index (χ2v) is 1.80. The maximum Gasteiger partial charge on any atom is 0.294 e. The molecule has 0 saturated carbocycles. The van der Waals surface area contributed by atoms with Crippen LogP contribution in [0.5, 0.6) is 0 Å². The minimum absolute atomic E-state index is 0.0459. The molecule has 0 aromatic heterocycles. The quantitative estimate of drug-likeness (QED) is 0.401. The van der Waals surface area contributed by atoms with Crippen LogP contribution in [0.1, 0.15) is 6.42 Å². The molecule has 1 aliphatic heterocycles. The first-order chi connectivity index (χ1) is 4.29. The third kappa shape index (κ3) is 1.85. The molecule has 0 aromatic carbocycles. The Hall–Kier alpha value is -0.840. The Morgan fingerprint density at radius 2 is 2.56 bits per heavy atom. The molecular weight excluding hydrogens is 126 g/mol. The molecule has 1 fully saturated rings. The van der Waals surface area contributed by atoms with Crippen molar-refractivity contribution in [2.24, 2.45) is 0 Å². The van der Waals surface area contributed by atoms with Crippen LogP contribution in [-0.2, 0) is 9.57 Å². The molecule has 5 nitrogen and oxygen atoms in total. The summed E-state index contributed by atoms with van der Waals surface area (Å²) in [5, 5.41) is 8.77. The summed E-state index contributed by atoms with van der Waals surface area (Å²) >= 11 is 0. The van der Waals surface area contributed by atoms with Gasteiger partial charge in [0, 0.05) is 6.61 Å². The van der Waals surface area contributed by atoms with Gasteiger partial charge in [-0.2, -0.15) is 0 Å². The van der Waals surface area contributed by atoms with E-state index >= 15 is 0 Å². The highest BCUT2D eigenvalue weighted by atomic mass is 17.0. The van der Waals surface area contributed by atoms with Gasteiger partial charge in [0.05, 0.1) is 6.10 Å². The fraction of sp³-hybridized carbons (Fsp3) is 1.00. The van der Waals surface area contributed by atoms with E-state index in [-0.39, 0.29) is 12.7 Å². The number of ether oxygens (including phenoxy) is 1. The maximum atomic E-state index is 9.57. The highest BCUT2D eigenvalue weighted by Gasteiger charge is 2.18. The van der Waals surface area contributed by atoms with E-state index in [0.717, 1.165) is 6.42 Å². The highest BCUT2D eigenvalue weighted by molar-refractivity contribution is 4.63. The molecule has 1 atom stereocenters. The fourth-order valence-corrected chi connectivity index (χ4v) is 0.560. The second-order valence-electron chi connectivity index (χ2n) is 1.80. The molecule has 0 aliphatic carbocycles. The van der Waals surface area contributed by atoms with Crippen molar-refractivity contribution in [1.82, 2.24) is 0 Å². The predicted octanol–water partition coefficient (Wildman–Crippen LogP) is -0.0164. The molecule has 0 amide bonds. The van der Waals surface area contributed by atoms with E-state index in [2.05, 4.69) is 4.84 Å². The molecule has 0 aromatic rings. The van der Waals surface area contributed by atoms with Crippen LogP contribution in [0, 0.1) is 10.1 Å². The van der Waals surface area contributed by atoms with Gasteiger partial charge in [0.2, 0.25) is 0 Å². The average molecular weight is 133 g/mol. The zero-order valence-electron chi connectivity index (χ0n) is 4.78. The molecule has 0 spiro atoms. The summed E-state index contributed by atoms with van der Waals surface area (Å²) in [5.74, 6) is 0. The van der Waals surface area contributed by atoms with E-state index in [9.17, 15) is 10.1 Å². The molecule has 0 radical (unpaired) electrons. The van der Waals surface area contributed by atoms with E-state index in [4.69, 9.17) is 4.74 Å². The Labute approximate surface area is 51.7 Å². The van der Waals surface area contributed by atoms with Crippen LogP contribution >= 0.6 is 0 Å². The van der Waals surface area contributed by atoms with Crippen LogP contribution in [0.2, 0.25) is 0 Å². The minimum Gasteiger partial charge on any atom is -0.376 e. The molecule has 1 rings (SSSR count). The normalized spacial score (nSPS) is 24.7. The minimum atomic E-state index is -0.804. The molecule has 0 N–H and O–H groups in total. The summed E-state index contributed by atoms with van der Waals surface area (Å²) in [6.07, 6.45) is 0.823. The Bertz CT molecular complexity index is 111. The van der Waals surface area contributed by atoms with Gasteiger partial charge in [0.15, 0.2) is 0 Å². The molecule has 1 heterocycles. The van der Waals surface area contributed by atoms with Gasteiger partial charge >= 0.3 is 0 Å². The van der Waals surface area contributed by atoms with Crippen LogP contribution in [0.4, 0.5) is 0 Å². The van der Waals surface area contributed by atoms with Crippen molar-refractivity contribution in [3.63, 3.8) is 0 Å². The Morgan fingerprint density at radius 3 is 2.89 bits per heavy atom. The summed E-state index contributed by atoms with van der Waals surface area (Å²) < 4.78 is 4.85. The third-order valence-corrected chi connectivity index (χ3v) is 1.16. The average Bonchev–Trinajstić information content (AvgIpc) is 1.60. The first-order valence-corrected chi connectivity index (χ1v) is 2.68. The molecular formula is C4H7NO4. The summed E-state index contributed by atoms with van der Waals surface area (Å²) in [7, 11) is 0. The Morgan fingerprint density at radius 1 is 1.89 bits per heavy atom. The Kier molecular flexibility index (Phi) is 1.84. The first-order valence-electron chi connectivity index (χ1n) is 2.68. The van der Waals surface area contributed by atoms with Gasteiger partial charge in [-0.05, 0) is 6.42 Å². The van der Waals surface area contributed by atoms with Gasteiger partial charge in [-0.25, -0.2) is 0 Å². The third-order valence-electron chi connectivity index (χ3n) is 1.16. The van der Waals surface area contributed by atoms with Crippen LogP contribution in [-0.4, -0.2) is 24.4 Å². The largest absolute Gasteiger partial charge is 0.376 e. The van der Waals surface area contributed by atoms with Gasteiger partial charge < -0.3 is 9.57 Å². The lowest BCUT2D eigenvalue weighted by atomic mass is 10.2. The van der Waals surface area contributed by atoms with Gasteiger partial charge in [-0.15, -0.1) is 10.1 Å². The SMILES string of the molecule is O=[N+]([O-])OCC1CCO1. The fourth-order valence-electron chi connectivity index (χ4n) is 0.560. The molecule has 52 valence electrons. The van der Waals surface area contributed by atoms with Crippen LogP contribution < -0.4 is 0 Å². The summed E-state index contributed by atoms with van der Waals surface area (Å²) in [6, 6.07) is 0. The van der Waals surface area contributed by atoms with E-state index in [1.54, 1.807) is 0 Å². The molecule has 1 aliphatic rings. The predicted molar refractivity (Wildman–Crippen MR) is 27.3 cm³/mol. The topological polar surface area (TPSA) is 61.6 Å². The zero-order valence-corrected chi connectivity index (χ0v) is 4.78. The lowest BCUT2D eigenvalue weighted by molar-refractivity contribution is -0.760. The van der Waals surface area contributed by atoms with E-state index in [1.807, 2.05) is 0 Å². The van der Waals surface area contributed by atoms with Crippen molar-refractivity contribution in [1.29, 1.82) is 0 Å². The molecule has 1 unspecified atom stereocenters. The first kappa shape index (κ1) is 6.28. The van der Waals surface area contributed by atoms with Crippen molar-refractivity contribution < 1.29 is 14.7 Å². The number of hydrogen-bond donors (Lipinski definition) is 0. The molecule has 0 bridgehead atoms. The second kappa shape index (κ2) is 2.63. The van der Waals surface area contributed by atoms with E-state index in [1.165, 1.54) is 0 Å². The number of nitrogens with zero attached hydrogens (tertiary/aromatic N) is 1. The molecule has 1 saturated heterocycles. The number of rotatable bonds is 3. The van der Waals surface area contributed by atoms with Crippen molar-refractivity contribution in [2.45, 2.75) is 12.5 Å². The lowest BCUT2D eigenvalue weighted by Crippen LogP contribution is -2.32. The van der Waals surface area contributed by atoms with Gasteiger partial charge in [0.1, 0.15) is 6.61 Å². The van der Waals surface area contributed by atoms with Crippen molar-refractivity contribution in [3.05, 3.63) is 10.1 Å². The Balaban J connectivity index is 1.97. The van der Waals surface area contributed by atoms with E-state index < -0.39 is 5.09 Å². The monoisotopic (exact) mass is 133 g/mol. The smallest absolute Gasteiger partial charge is 0.294 e. The zero-order chi connectivity index (χ0) is 6.69. The van der Waals surface area contributed by atoms with Gasteiger partial charge in [-0.1, -0.05) is 0 Å². The standard InChI is InChI=1S/C4H7NO4/c6-5(7)9-3-4-1-2-8-4/h4H,1-3H2. The summed E-state index contributed by atoms with van der Waals surface area (Å²) in [4.78, 5) is 13.6. The van der Waals surface area contributed by atoms with Gasteiger partial charge in [0.25, 0.3) is 5.09 Å². The van der Waals surface area contributed by atoms with Crippen molar-refractivity contribution in [2.75, 3.05) is 13.2 Å². The summed E-state index contributed by atoms with van der Waals surface area (Å²) in [5.41, 5.74) is 0. The lowest BCUT2D eigenvalue weighted by Gasteiger charge is -2.24.